The zero-order valence-electron chi connectivity index (χ0n) is 6.44. The van der Waals surface area contributed by atoms with Crippen LogP contribution in [-0.4, -0.2) is 8.42 Å². The maximum absolute atomic E-state index is 12.0. The summed E-state index contributed by atoms with van der Waals surface area (Å²) in [6.07, 6.45) is 1.16. The van der Waals surface area contributed by atoms with Crippen molar-refractivity contribution in [3.63, 3.8) is 0 Å². The molecule has 70 valence electrons. The van der Waals surface area contributed by atoms with Crippen molar-refractivity contribution in [2.75, 3.05) is 0 Å². The fraction of sp³-hybridized carbons (Fsp3) is 0. The summed E-state index contributed by atoms with van der Waals surface area (Å²) in [5.41, 5.74) is 0.575. The minimum Gasteiger partial charge on any atom is -0.190 e. The second-order valence-electron chi connectivity index (χ2n) is 2.33. The predicted octanol–water partition coefficient (Wildman–Crippen LogP) is 2.61. The second kappa shape index (κ2) is 3.89. The first-order valence-electron chi connectivity index (χ1n) is 3.36. The monoisotopic (exact) mass is 220 g/mol. The molecular formula is C8H6ClFO2S. The van der Waals surface area contributed by atoms with Gasteiger partial charge in [-0.25, -0.2) is 0 Å². The van der Waals surface area contributed by atoms with Gasteiger partial charge < -0.3 is 0 Å². The van der Waals surface area contributed by atoms with E-state index in [0.29, 0.717) is 16.0 Å². The Kier molecular flexibility index (Phi) is 3.06. The lowest BCUT2D eigenvalue weighted by Crippen LogP contribution is -1.80. The van der Waals surface area contributed by atoms with E-state index in [9.17, 15) is 12.3 Å². The smallest absolute Gasteiger partial charge is 0.190 e. The summed E-state index contributed by atoms with van der Waals surface area (Å²) in [5.74, 6) is 0. The molecule has 0 spiro atoms. The van der Waals surface area contributed by atoms with Gasteiger partial charge in [-0.15, -0.1) is 3.89 Å². The number of halogens is 2. The third-order valence-electron chi connectivity index (χ3n) is 1.29. The van der Waals surface area contributed by atoms with Crippen LogP contribution in [0.1, 0.15) is 5.56 Å². The molecule has 0 fully saturated rings. The third kappa shape index (κ3) is 4.05. The molecule has 0 aliphatic heterocycles. The Morgan fingerprint density at radius 1 is 1.23 bits per heavy atom. The molecular weight excluding hydrogens is 215 g/mol. The molecule has 0 unspecified atom stereocenters. The highest BCUT2D eigenvalue weighted by Crippen LogP contribution is 2.11. The summed E-state index contributed by atoms with van der Waals surface area (Å²) in [5, 5.41) is 1.04. The maximum Gasteiger partial charge on any atom is 0.325 e. The Morgan fingerprint density at radius 2 is 1.77 bits per heavy atom. The summed E-state index contributed by atoms with van der Waals surface area (Å²) in [6, 6.07) is 6.35. The lowest BCUT2D eigenvalue weighted by molar-refractivity contribution is 0.563. The van der Waals surface area contributed by atoms with Crippen LogP contribution in [0, 0.1) is 0 Å². The largest absolute Gasteiger partial charge is 0.325 e. The molecule has 0 amide bonds. The molecule has 2 nitrogen and oxygen atoms in total. The van der Waals surface area contributed by atoms with E-state index in [0.717, 1.165) is 6.08 Å². The van der Waals surface area contributed by atoms with Crippen molar-refractivity contribution in [2.24, 2.45) is 0 Å². The summed E-state index contributed by atoms with van der Waals surface area (Å²) in [4.78, 5) is 0. The van der Waals surface area contributed by atoms with Crippen molar-refractivity contribution < 1.29 is 12.3 Å². The van der Waals surface area contributed by atoms with Crippen molar-refractivity contribution in [1.82, 2.24) is 0 Å². The molecule has 0 radical (unpaired) electrons. The van der Waals surface area contributed by atoms with Crippen LogP contribution in [-0.2, 0) is 10.2 Å². The van der Waals surface area contributed by atoms with E-state index in [1.807, 2.05) is 0 Å². The van der Waals surface area contributed by atoms with Gasteiger partial charge in [0, 0.05) is 5.02 Å². The quantitative estimate of drug-likeness (QED) is 0.718. The highest BCUT2D eigenvalue weighted by atomic mass is 35.5. The summed E-state index contributed by atoms with van der Waals surface area (Å²) in [7, 11) is -4.55. The maximum atomic E-state index is 12.0. The van der Waals surface area contributed by atoms with Gasteiger partial charge in [0.15, 0.2) is 0 Å². The molecule has 1 aromatic carbocycles. The average molecular weight is 221 g/mol. The van der Waals surface area contributed by atoms with Gasteiger partial charge in [0.25, 0.3) is 0 Å². The number of hydrogen-bond donors (Lipinski definition) is 0. The van der Waals surface area contributed by atoms with Crippen LogP contribution in [0.3, 0.4) is 0 Å². The first-order chi connectivity index (χ1) is 5.97. The van der Waals surface area contributed by atoms with Gasteiger partial charge in [0.05, 0.1) is 5.41 Å². The lowest BCUT2D eigenvalue weighted by Gasteiger charge is -1.91. The highest BCUT2D eigenvalue weighted by molar-refractivity contribution is 7.89. The minimum atomic E-state index is -4.55. The molecule has 0 heterocycles. The zero-order chi connectivity index (χ0) is 9.90. The topological polar surface area (TPSA) is 34.1 Å². The van der Waals surface area contributed by atoms with Gasteiger partial charge in [-0.1, -0.05) is 23.7 Å². The van der Waals surface area contributed by atoms with Crippen LogP contribution in [0.5, 0.6) is 0 Å². The van der Waals surface area contributed by atoms with E-state index in [1.54, 1.807) is 24.3 Å². The Morgan fingerprint density at radius 3 is 2.23 bits per heavy atom. The molecule has 0 bridgehead atoms. The van der Waals surface area contributed by atoms with E-state index >= 15 is 0 Å². The van der Waals surface area contributed by atoms with Gasteiger partial charge in [-0.3, -0.25) is 0 Å². The molecule has 0 saturated heterocycles. The Balaban J connectivity index is 2.88. The highest BCUT2D eigenvalue weighted by Gasteiger charge is 1.98. The fourth-order valence-electron chi connectivity index (χ4n) is 0.734. The molecule has 0 saturated carbocycles. The standard InChI is InChI=1S/C8H6ClFO2S/c9-8-3-1-7(2-4-8)5-6-13(10,11)12/h1-6H/b6-5+. The van der Waals surface area contributed by atoms with Gasteiger partial charge in [-0.2, -0.15) is 8.42 Å². The number of benzene rings is 1. The zero-order valence-corrected chi connectivity index (χ0v) is 8.02. The molecule has 5 heteroatoms. The van der Waals surface area contributed by atoms with Crippen LogP contribution < -0.4 is 0 Å². The molecule has 1 rings (SSSR count). The predicted molar refractivity (Wildman–Crippen MR) is 50.5 cm³/mol. The normalized spacial score (nSPS) is 12.2. The van der Waals surface area contributed by atoms with Gasteiger partial charge in [-0.05, 0) is 23.8 Å². The summed E-state index contributed by atoms with van der Waals surface area (Å²) < 4.78 is 32.2. The van der Waals surface area contributed by atoms with Crippen LogP contribution in [0.4, 0.5) is 3.89 Å². The Bertz CT molecular complexity index is 408. The van der Waals surface area contributed by atoms with E-state index in [4.69, 9.17) is 11.6 Å². The SMILES string of the molecule is O=S(=O)(F)/C=C/c1ccc(Cl)cc1. The minimum absolute atomic E-state index is 0.496. The Labute approximate surface area is 80.9 Å². The molecule has 13 heavy (non-hydrogen) atoms. The molecule has 0 aromatic heterocycles. The van der Waals surface area contributed by atoms with E-state index < -0.39 is 10.2 Å². The van der Waals surface area contributed by atoms with Gasteiger partial charge in [0.2, 0.25) is 0 Å². The van der Waals surface area contributed by atoms with Crippen molar-refractivity contribution in [1.29, 1.82) is 0 Å². The van der Waals surface area contributed by atoms with Crippen molar-refractivity contribution in [2.45, 2.75) is 0 Å². The first-order valence-corrected chi connectivity index (χ1v) is 5.18. The summed E-state index contributed by atoms with van der Waals surface area (Å²) in [6.45, 7) is 0. The molecule has 1 aromatic rings. The van der Waals surface area contributed by atoms with Gasteiger partial charge >= 0.3 is 10.2 Å². The summed E-state index contributed by atoms with van der Waals surface area (Å²) >= 11 is 5.59. The van der Waals surface area contributed by atoms with Crippen LogP contribution in [0.2, 0.25) is 5.02 Å². The van der Waals surface area contributed by atoms with E-state index in [-0.39, 0.29) is 0 Å². The number of rotatable bonds is 2. The molecule has 0 N–H and O–H groups in total. The van der Waals surface area contributed by atoms with Crippen molar-refractivity contribution in [3.8, 4) is 0 Å². The fourth-order valence-corrected chi connectivity index (χ4v) is 1.18. The number of hydrogen-bond acceptors (Lipinski definition) is 2. The van der Waals surface area contributed by atoms with Crippen molar-refractivity contribution >= 4 is 27.9 Å². The lowest BCUT2D eigenvalue weighted by atomic mass is 10.2. The van der Waals surface area contributed by atoms with Crippen molar-refractivity contribution in [3.05, 3.63) is 40.3 Å². The van der Waals surface area contributed by atoms with Crippen LogP contribution in [0.15, 0.2) is 29.7 Å². The molecule has 0 aliphatic carbocycles. The first kappa shape index (κ1) is 10.2. The molecule has 0 atom stereocenters. The third-order valence-corrected chi connectivity index (χ3v) is 2.01. The van der Waals surface area contributed by atoms with E-state index in [2.05, 4.69) is 0 Å². The van der Waals surface area contributed by atoms with Gasteiger partial charge in [0.1, 0.15) is 0 Å². The van der Waals surface area contributed by atoms with E-state index in [1.165, 1.54) is 0 Å². The Hall–Kier alpha value is -0.870. The average Bonchev–Trinajstić information content (AvgIpc) is 2.02. The van der Waals surface area contributed by atoms with Crippen LogP contribution >= 0.6 is 11.6 Å². The molecule has 0 aliphatic rings. The second-order valence-corrected chi connectivity index (χ2v) is 3.99. The van der Waals surface area contributed by atoms with Crippen LogP contribution in [0.25, 0.3) is 6.08 Å².